The summed E-state index contributed by atoms with van der Waals surface area (Å²) in [6.07, 6.45) is 0. The fourth-order valence-electron chi connectivity index (χ4n) is 0.698. The van der Waals surface area contributed by atoms with Gasteiger partial charge in [0.1, 0.15) is 5.15 Å². The summed E-state index contributed by atoms with van der Waals surface area (Å²) in [5.41, 5.74) is -0.836. The number of aromatic nitrogens is 1. The topological polar surface area (TPSA) is 93.3 Å². The lowest BCUT2D eigenvalue weighted by Crippen LogP contribution is -2.01. The van der Waals surface area contributed by atoms with Crippen LogP contribution >= 0.6 is 11.6 Å². The van der Waals surface area contributed by atoms with Crippen molar-refractivity contribution in [3.63, 3.8) is 0 Å². The quantitative estimate of drug-likeness (QED) is 0.444. The van der Waals surface area contributed by atoms with E-state index in [4.69, 9.17) is 16.7 Å². The molecular weight excluding hydrogens is 200 g/mol. The Labute approximate surface area is 76.9 Å². The zero-order chi connectivity index (χ0) is 10.0. The number of hydrogen-bond donors (Lipinski definition) is 1. The molecule has 0 saturated carbocycles. The Morgan fingerprint density at radius 2 is 2.23 bits per heavy atom. The van der Waals surface area contributed by atoms with Crippen molar-refractivity contribution >= 4 is 23.3 Å². The lowest BCUT2D eigenvalue weighted by Gasteiger charge is -1.95. The van der Waals surface area contributed by atoms with Crippen LogP contribution in [-0.4, -0.2) is 21.0 Å². The van der Waals surface area contributed by atoms with Gasteiger partial charge in [-0.05, 0) is 0 Å². The van der Waals surface area contributed by atoms with Crippen LogP contribution in [0.15, 0.2) is 12.1 Å². The van der Waals surface area contributed by atoms with Gasteiger partial charge in [-0.3, -0.25) is 10.1 Å². The van der Waals surface area contributed by atoms with Gasteiger partial charge in [-0.2, -0.15) is 0 Å². The predicted octanol–water partition coefficient (Wildman–Crippen LogP) is 1.34. The number of hydrogen-bond acceptors (Lipinski definition) is 4. The first-order chi connectivity index (χ1) is 6.00. The molecule has 0 amide bonds. The van der Waals surface area contributed by atoms with Crippen molar-refractivity contribution in [3.05, 3.63) is 33.1 Å². The van der Waals surface area contributed by atoms with Gasteiger partial charge in [0.05, 0.1) is 11.0 Å². The molecule has 0 aromatic carbocycles. The molecule has 0 aliphatic heterocycles. The van der Waals surface area contributed by atoms with E-state index >= 15 is 0 Å². The van der Waals surface area contributed by atoms with Crippen LogP contribution in [0.5, 0.6) is 0 Å². The van der Waals surface area contributed by atoms with Crippen LogP contribution in [0, 0.1) is 10.1 Å². The van der Waals surface area contributed by atoms with Gasteiger partial charge in [-0.25, -0.2) is 9.78 Å². The molecule has 1 rings (SSSR count). The molecule has 0 fully saturated rings. The van der Waals surface area contributed by atoms with E-state index in [0.29, 0.717) is 0 Å². The number of halogens is 1. The lowest BCUT2D eigenvalue weighted by molar-refractivity contribution is -0.385. The fourth-order valence-corrected chi connectivity index (χ4v) is 0.901. The second kappa shape index (κ2) is 3.36. The zero-order valence-corrected chi connectivity index (χ0v) is 6.85. The highest BCUT2D eigenvalue weighted by atomic mass is 35.5. The highest BCUT2D eigenvalue weighted by Gasteiger charge is 2.14. The number of carboxylic acid groups (broad SMARTS) is 1. The van der Waals surface area contributed by atoms with Crippen LogP contribution < -0.4 is 0 Å². The summed E-state index contributed by atoms with van der Waals surface area (Å²) < 4.78 is 0. The van der Waals surface area contributed by atoms with Gasteiger partial charge >= 0.3 is 5.97 Å². The molecule has 0 aliphatic carbocycles. The number of pyridine rings is 1. The highest BCUT2D eigenvalue weighted by Crippen LogP contribution is 2.17. The van der Waals surface area contributed by atoms with Crippen molar-refractivity contribution in [2.75, 3.05) is 0 Å². The van der Waals surface area contributed by atoms with E-state index < -0.39 is 22.3 Å². The molecule has 0 unspecified atom stereocenters. The third-order valence-electron chi connectivity index (χ3n) is 1.21. The molecule has 7 heteroatoms. The highest BCUT2D eigenvalue weighted by molar-refractivity contribution is 6.29. The van der Waals surface area contributed by atoms with E-state index in [-0.39, 0.29) is 5.15 Å². The average Bonchev–Trinajstić information content (AvgIpc) is 2.03. The molecule has 68 valence electrons. The van der Waals surface area contributed by atoms with E-state index in [1.807, 2.05) is 0 Å². The SMILES string of the molecule is O=C(O)c1cc([N+](=O)[O-])cc(Cl)n1. The number of aromatic carboxylic acids is 1. The van der Waals surface area contributed by atoms with Gasteiger partial charge in [0.25, 0.3) is 5.69 Å². The molecule has 1 aromatic rings. The molecule has 1 aromatic heterocycles. The summed E-state index contributed by atoms with van der Waals surface area (Å²) in [5, 5.41) is 18.5. The Hall–Kier alpha value is -1.69. The van der Waals surface area contributed by atoms with Crippen molar-refractivity contribution in [1.82, 2.24) is 4.98 Å². The first-order valence-electron chi connectivity index (χ1n) is 3.06. The first-order valence-corrected chi connectivity index (χ1v) is 3.44. The zero-order valence-electron chi connectivity index (χ0n) is 6.10. The monoisotopic (exact) mass is 202 g/mol. The Bertz CT molecular complexity index is 347. The molecule has 0 atom stereocenters. The minimum absolute atomic E-state index is 0.216. The maximum Gasteiger partial charge on any atom is 0.354 e. The van der Waals surface area contributed by atoms with Crippen molar-refractivity contribution < 1.29 is 14.8 Å². The average molecular weight is 203 g/mol. The second-order valence-electron chi connectivity index (χ2n) is 2.10. The smallest absolute Gasteiger partial charge is 0.354 e. The molecule has 0 radical (unpaired) electrons. The third-order valence-corrected chi connectivity index (χ3v) is 1.40. The molecule has 0 aliphatic rings. The molecule has 0 spiro atoms. The Morgan fingerprint density at radius 3 is 2.69 bits per heavy atom. The number of nitrogens with zero attached hydrogens (tertiary/aromatic N) is 2. The van der Waals surface area contributed by atoms with E-state index in [1.165, 1.54) is 0 Å². The van der Waals surface area contributed by atoms with Crippen LogP contribution in [-0.2, 0) is 0 Å². The van der Waals surface area contributed by atoms with Crippen molar-refractivity contribution in [2.24, 2.45) is 0 Å². The van der Waals surface area contributed by atoms with Crippen molar-refractivity contribution in [1.29, 1.82) is 0 Å². The van der Waals surface area contributed by atoms with E-state index in [9.17, 15) is 14.9 Å². The minimum atomic E-state index is -1.36. The maximum absolute atomic E-state index is 10.4. The van der Waals surface area contributed by atoms with Gasteiger partial charge in [0.2, 0.25) is 0 Å². The Kier molecular flexibility index (Phi) is 2.43. The molecule has 1 N–H and O–H groups in total. The molecule has 1 heterocycles. The van der Waals surface area contributed by atoms with Crippen LogP contribution in [0.25, 0.3) is 0 Å². The van der Waals surface area contributed by atoms with Gasteiger partial charge < -0.3 is 5.11 Å². The van der Waals surface area contributed by atoms with Crippen molar-refractivity contribution in [2.45, 2.75) is 0 Å². The number of rotatable bonds is 2. The number of nitro groups is 1. The largest absolute Gasteiger partial charge is 0.477 e. The van der Waals surface area contributed by atoms with Crippen LogP contribution in [0.4, 0.5) is 5.69 Å². The molecule has 6 nitrogen and oxygen atoms in total. The summed E-state index contributed by atoms with van der Waals surface area (Å²) in [7, 11) is 0. The summed E-state index contributed by atoms with van der Waals surface area (Å²) in [4.78, 5) is 23.3. The Morgan fingerprint density at radius 1 is 1.62 bits per heavy atom. The van der Waals surface area contributed by atoms with Crippen LogP contribution in [0.2, 0.25) is 5.15 Å². The molecule has 13 heavy (non-hydrogen) atoms. The third kappa shape index (κ3) is 2.12. The maximum atomic E-state index is 10.4. The number of carboxylic acids is 1. The summed E-state index contributed by atoms with van der Waals surface area (Å²) >= 11 is 5.36. The lowest BCUT2D eigenvalue weighted by atomic mass is 10.3. The van der Waals surface area contributed by atoms with Crippen LogP contribution in [0.1, 0.15) is 10.5 Å². The van der Waals surface area contributed by atoms with Gasteiger partial charge in [0, 0.05) is 6.07 Å². The fraction of sp³-hybridized carbons (Fsp3) is 0. The predicted molar refractivity (Wildman–Crippen MR) is 42.9 cm³/mol. The van der Waals surface area contributed by atoms with E-state index in [2.05, 4.69) is 4.98 Å². The van der Waals surface area contributed by atoms with Crippen molar-refractivity contribution in [3.8, 4) is 0 Å². The summed E-state index contributed by atoms with van der Waals surface area (Å²) in [6.45, 7) is 0. The standard InChI is InChI=1S/C6H3ClN2O4/c7-5-2-3(9(12)13)1-4(8-5)6(10)11/h1-2H,(H,10,11). The summed E-state index contributed by atoms with van der Waals surface area (Å²) in [5.74, 6) is -1.36. The second-order valence-corrected chi connectivity index (χ2v) is 2.48. The molecule has 0 saturated heterocycles. The normalized spacial score (nSPS) is 9.62. The van der Waals surface area contributed by atoms with Crippen LogP contribution in [0.3, 0.4) is 0 Å². The van der Waals surface area contributed by atoms with Gasteiger partial charge in [-0.1, -0.05) is 11.6 Å². The van der Waals surface area contributed by atoms with E-state index in [0.717, 1.165) is 12.1 Å². The van der Waals surface area contributed by atoms with E-state index in [1.54, 1.807) is 0 Å². The molecular formula is C6H3ClN2O4. The summed E-state index contributed by atoms with van der Waals surface area (Å²) in [6, 6.07) is 1.82. The number of carbonyl (C=O) groups is 1. The minimum Gasteiger partial charge on any atom is -0.477 e. The van der Waals surface area contributed by atoms with Gasteiger partial charge in [-0.15, -0.1) is 0 Å². The first kappa shape index (κ1) is 9.40. The molecule has 0 bridgehead atoms. The Balaban J connectivity index is 3.26. The van der Waals surface area contributed by atoms with Gasteiger partial charge in [0.15, 0.2) is 5.69 Å².